The zero-order valence-electron chi connectivity index (χ0n) is 4.37. The number of carbonyl (C=O) groups excluding carboxylic acids is 1. The Hall–Kier alpha value is -0.610. The Balaban J connectivity index is 2.99. The molecule has 0 aliphatic heterocycles. The highest BCUT2D eigenvalue weighted by Gasteiger charge is 1.95. The van der Waals surface area contributed by atoms with Crippen molar-refractivity contribution in [2.75, 3.05) is 19.8 Å². The molecule has 0 rings (SSSR count). The van der Waals surface area contributed by atoms with E-state index in [4.69, 9.17) is 10.2 Å². The van der Waals surface area contributed by atoms with E-state index in [-0.39, 0.29) is 13.2 Å². The summed E-state index contributed by atoms with van der Waals surface area (Å²) in [6, 6.07) is 0. The van der Waals surface area contributed by atoms with E-state index in [1.165, 1.54) is 0 Å². The Morgan fingerprint density at radius 3 is 2.50 bits per heavy atom. The number of carbonyl (C=O) groups is 1. The summed E-state index contributed by atoms with van der Waals surface area (Å²) in [5.74, 6) is -0.584. The summed E-state index contributed by atoms with van der Waals surface area (Å²) in [6.07, 6.45) is 0. The van der Waals surface area contributed by atoms with Crippen molar-refractivity contribution in [3.8, 4) is 0 Å². The zero-order valence-corrected chi connectivity index (χ0v) is 4.37. The molecule has 8 heavy (non-hydrogen) atoms. The molecular weight excluding hydrogens is 110 g/mol. The summed E-state index contributed by atoms with van der Waals surface area (Å²) < 4.78 is 0. The Morgan fingerprint density at radius 2 is 2.12 bits per heavy atom. The number of aliphatic hydroxyl groups excluding tert-OH is 2. The molecule has 0 fully saturated rings. The van der Waals surface area contributed by atoms with Gasteiger partial charge in [0.2, 0.25) is 0 Å². The lowest BCUT2D eigenvalue weighted by atomic mass is 10.6. The first-order chi connectivity index (χ1) is 3.81. The number of hydrogen-bond donors (Lipinski definition) is 2. The van der Waals surface area contributed by atoms with Crippen molar-refractivity contribution >= 4 is 5.91 Å². The van der Waals surface area contributed by atoms with E-state index in [2.05, 4.69) is 5.32 Å². The summed E-state index contributed by atoms with van der Waals surface area (Å²) in [4.78, 5) is 10.0. The van der Waals surface area contributed by atoms with Gasteiger partial charge in [-0.05, 0) is 0 Å². The molecule has 2 N–H and O–H groups in total. The molecule has 4 nitrogen and oxygen atoms in total. The fourth-order valence-electron chi connectivity index (χ4n) is 0.225. The molecule has 0 atom stereocenters. The average Bonchev–Trinajstić information content (AvgIpc) is 1.83. The van der Waals surface area contributed by atoms with Gasteiger partial charge in [0, 0.05) is 0 Å². The fraction of sp³-hybridized carbons (Fsp3) is 0.750. The molecule has 0 saturated carbocycles. The van der Waals surface area contributed by atoms with Crippen molar-refractivity contribution in [3.63, 3.8) is 0 Å². The maximum Gasteiger partial charge on any atom is 0.266 e. The van der Waals surface area contributed by atoms with Crippen LogP contribution in [0.4, 0.5) is 0 Å². The van der Waals surface area contributed by atoms with Crippen molar-refractivity contribution < 1.29 is 15.0 Å². The van der Waals surface area contributed by atoms with Gasteiger partial charge in [-0.2, -0.15) is 0 Å². The second-order valence-electron chi connectivity index (χ2n) is 1.16. The second-order valence-corrected chi connectivity index (χ2v) is 1.16. The van der Waals surface area contributed by atoms with E-state index >= 15 is 0 Å². The summed E-state index contributed by atoms with van der Waals surface area (Å²) >= 11 is 0. The number of rotatable bonds is 3. The minimum Gasteiger partial charge on any atom is -0.394 e. The van der Waals surface area contributed by atoms with E-state index in [9.17, 15) is 4.79 Å². The van der Waals surface area contributed by atoms with Gasteiger partial charge in [-0.1, -0.05) is 0 Å². The van der Waals surface area contributed by atoms with E-state index in [1.807, 2.05) is 0 Å². The highest BCUT2D eigenvalue weighted by atomic mass is 16.3. The monoisotopic (exact) mass is 118 g/mol. The van der Waals surface area contributed by atoms with E-state index in [0.717, 1.165) is 0 Å². The SMILES string of the molecule is O=C(CO)[N]CCO. The smallest absolute Gasteiger partial charge is 0.266 e. The number of hydrogen-bond acceptors (Lipinski definition) is 3. The Morgan fingerprint density at radius 1 is 1.50 bits per heavy atom. The predicted molar refractivity (Wildman–Crippen MR) is 26.2 cm³/mol. The lowest BCUT2D eigenvalue weighted by Crippen LogP contribution is -2.21. The Bertz CT molecular complexity index is 73.7. The molecule has 0 aromatic rings. The third-order valence-electron chi connectivity index (χ3n) is 0.523. The molecule has 0 aromatic heterocycles. The normalized spacial score (nSPS) is 8.75. The standard InChI is InChI=1S/C4H8NO3/c6-2-1-5-4(8)3-7/h6-7H,1-3H2. The molecule has 0 aliphatic carbocycles. The first-order valence-electron chi connectivity index (χ1n) is 2.23. The molecular formula is C4H8NO3. The average molecular weight is 118 g/mol. The summed E-state index contributed by atoms with van der Waals surface area (Å²) in [5, 5.41) is 19.3. The quantitative estimate of drug-likeness (QED) is 0.454. The molecule has 0 aromatic carbocycles. The van der Waals surface area contributed by atoms with Crippen LogP contribution in [0, 0.1) is 0 Å². The molecule has 0 bridgehead atoms. The van der Waals surface area contributed by atoms with E-state index < -0.39 is 12.5 Å². The molecule has 1 radical (unpaired) electrons. The first kappa shape index (κ1) is 7.39. The Kier molecular flexibility index (Phi) is 4.20. The summed E-state index contributed by atoms with van der Waals surface area (Å²) in [5.41, 5.74) is 0. The topological polar surface area (TPSA) is 71.6 Å². The predicted octanol–water partition coefficient (Wildman–Crippen LogP) is -1.90. The minimum absolute atomic E-state index is 0.0827. The third kappa shape index (κ3) is 3.58. The van der Waals surface area contributed by atoms with E-state index in [0.29, 0.717) is 0 Å². The van der Waals surface area contributed by atoms with Gasteiger partial charge in [0.15, 0.2) is 0 Å². The van der Waals surface area contributed by atoms with Crippen LogP contribution >= 0.6 is 0 Å². The first-order valence-corrected chi connectivity index (χ1v) is 2.23. The van der Waals surface area contributed by atoms with Gasteiger partial charge in [-0.25, -0.2) is 5.32 Å². The Labute approximate surface area is 47.1 Å². The van der Waals surface area contributed by atoms with E-state index in [1.54, 1.807) is 0 Å². The molecule has 0 heterocycles. The largest absolute Gasteiger partial charge is 0.394 e. The molecule has 0 unspecified atom stereocenters. The van der Waals surface area contributed by atoms with Crippen molar-refractivity contribution in [3.05, 3.63) is 0 Å². The van der Waals surface area contributed by atoms with Crippen molar-refractivity contribution in [1.29, 1.82) is 0 Å². The molecule has 1 amide bonds. The molecule has 0 aliphatic rings. The molecule has 0 saturated heterocycles. The number of aliphatic hydroxyl groups is 2. The number of nitrogens with zero attached hydrogens (tertiary/aromatic N) is 1. The van der Waals surface area contributed by atoms with Gasteiger partial charge >= 0.3 is 0 Å². The highest BCUT2D eigenvalue weighted by molar-refractivity contribution is 5.76. The summed E-state index contributed by atoms with van der Waals surface area (Å²) in [6.45, 7) is -0.634. The van der Waals surface area contributed by atoms with Crippen molar-refractivity contribution in [2.24, 2.45) is 0 Å². The molecule has 0 spiro atoms. The van der Waals surface area contributed by atoms with Gasteiger partial charge in [0.1, 0.15) is 6.61 Å². The lowest BCUT2D eigenvalue weighted by molar-refractivity contribution is -0.124. The lowest BCUT2D eigenvalue weighted by Gasteiger charge is -1.92. The van der Waals surface area contributed by atoms with Gasteiger partial charge in [0.05, 0.1) is 13.2 Å². The van der Waals surface area contributed by atoms with Crippen LogP contribution in [0.15, 0.2) is 0 Å². The zero-order chi connectivity index (χ0) is 6.41. The van der Waals surface area contributed by atoms with Gasteiger partial charge in [-0.15, -0.1) is 0 Å². The second kappa shape index (κ2) is 4.55. The van der Waals surface area contributed by atoms with Crippen LogP contribution in [0.5, 0.6) is 0 Å². The van der Waals surface area contributed by atoms with Gasteiger partial charge in [-0.3, -0.25) is 4.79 Å². The van der Waals surface area contributed by atoms with Crippen LogP contribution in [0.1, 0.15) is 0 Å². The van der Waals surface area contributed by atoms with Crippen molar-refractivity contribution in [1.82, 2.24) is 5.32 Å². The number of amides is 1. The molecule has 47 valence electrons. The van der Waals surface area contributed by atoms with Crippen LogP contribution in [-0.2, 0) is 4.79 Å². The van der Waals surface area contributed by atoms with Gasteiger partial charge < -0.3 is 10.2 Å². The third-order valence-corrected chi connectivity index (χ3v) is 0.523. The molecule has 4 heteroatoms. The fourth-order valence-corrected chi connectivity index (χ4v) is 0.225. The van der Waals surface area contributed by atoms with Crippen LogP contribution in [0.3, 0.4) is 0 Å². The van der Waals surface area contributed by atoms with Gasteiger partial charge in [0.25, 0.3) is 5.91 Å². The maximum atomic E-state index is 10.0. The van der Waals surface area contributed by atoms with Crippen LogP contribution in [0.25, 0.3) is 0 Å². The minimum atomic E-state index is -0.584. The highest BCUT2D eigenvalue weighted by Crippen LogP contribution is 1.63. The maximum absolute atomic E-state index is 10.0. The van der Waals surface area contributed by atoms with Crippen LogP contribution in [0.2, 0.25) is 0 Å². The van der Waals surface area contributed by atoms with Crippen LogP contribution < -0.4 is 5.32 Å². The van der Waals surface area contributed by atoms with Crippen LogP contribution in [-0.4, -0.2) is 35.9 Å². The summed E-state index contributed by atoms with van der Waals surface area (Å²) in [7, 11) is 0. The van der Waals surface area contributed by atoms with Crippen molar-refractivity contribution in [2.45, 2.75) is 0 Å².